The average molecular weight is 436 g/mol. The summed E-state index contributed by atoms with van der Waals surface area (Å²) in [5.41, 5.74) is 3.20. The standard InChI is InChI=1S/C24H25N3O3S/c1-2-30-19-11-9-18(10-12-19)27-22(28)14-21(24(27)29)31-23-17(15-25)13-16-7-5-3-4-6-8-20(16)26-23/h9-13,21H,2-8,14H2,1H3/t21-/m1/s1. The zero-order valence-corrected chi connectivity index (χ0v) is 18.4. The molecule has 1 aromatic carbocycles. The van der Waals surface area contributed by atoms with Gasteiger partial charge < -0.3 is 4.74 Å². The van der Waals surface area contributed by atoms with Crippen LogP contribution < -0.4 is 9.64 Å². The van der Waals surface area contributed by atoms with Crippen molar-refractivity contribution in [2.45, 2.75) is 62.1 Å². The van der Waals surface area contributed by atoms with E-state index in [-0.39, 0.29) is 18.2 Å². The number of carbonyl (C=O) groups excluding carboxylic acids is 2. The molecule has 1 saturated heterocycles. The number of aryl methyl sites for hydroxylation is 2. The van der Waals surface area contributed by atoms with Gasteiger partial charge in [0.05, 0.1) is 23.1 Å². The van der Waals surface area contributed by atoms with Gasteiger partial charge in [0.1, 0.15) is 16.8 Å². The molecule has 1 atom stereocenters. The fourth-order valence-corrected chi connectivity index (χ4v) is 5.19. The molecule has 2 amide bonds. The fourth-order valence-electron chi connectivity index (χ4n) is 4.10. The quantitative estimate of drug-likeness (QED) is 0.646. The van der Waals surface area contributed by atoms with Crippen molar-refractivity contribution in [2.24, 2.45) is 0 Å². The van der Waals surface area contributed by atoms with Crippen LogP contribution in [0.2, 0.25) is 0 Å². The maximum Gasteiger partial charge on any atom is 0.247 e. The van der Waals surface area contributed by atoms with Crippen LogP contribution in [0.25, 0.3) is 0 Å². The number of hydrogen-bond donors (Lipinski definition) is 0. The largest absolute Gasteiger partial charge is 0.494 e. The molecule has 2 aromatic rings. The summed E-state index contributed by atoms with van der Waals surface area (Å²) < 4.78 is 5.43. The van der Waals surface area contributed by atoms with Crippen LogP contribution in [0, 0.1) is 11.3 Å². The molecule has 0 N–H and O–H groups in total. The van der Waals surface area contributed by atoms with Crippen molar-refractivity contribution in [3.05, 3.63) is 47.2 Å². The first-order chi connectivity index (χ1) is 15.1. The Morgan fingerprint density at radius 2 is 1.90 bits per heavy atom. The lowest BCUT2D eigenvalue weighted by atomic mass is 9.96. The monoisotopic (exact) mass is 435 g/mol. The molecule has 7 heteroatoms. The number of anilines is 1. The summed E-state index contributed by atoms with van der Waals surface area (Å²) >= 11 is 1.24. The lowest BCUT2D eigenvalue weighted by Gasteiger charge is -2.17. The third-order valence-electron chi connectivity index (χ3n) is 5.65. The van der Waals surface area contributed by atoms with Crippen LogP contribution in [0.4, 0.5) is 5.69 Å². The van der Waals surface area contributed by atoms with E-state index in [2.05, 4.69) is 6.07 Å². The molecular formula is C24H25N3O3S. The van der Waals surface area contributed by atoms with Crippen LogP contribution in [0.5, 0.6) is 5.75 Å². The summed E-state index contributed by atoms with van der Waals surface area (Å²) in [6.07, 6.45) is 6.52. The second-order valence-corrected chi connectivity index (χ2v) is 8.97. The van der Waals surface area contributed by atoms with Gasteiger partial charge in [-0.05, 0) is 68.5 Å². The summed E-state index contributed by atoms with van der Waals surface area (Å²) in [6.45, 7) is 2.45. The molecule has 1 aromatic heterocycles. The normalized spacial score (nSPS) is 18.8. The molecule has 31 heavy (non-hydrogen) atoms. The molecule has 2 aliphatic rings. The SMILES string of the molecule is CCOc1ccc(N2C(=O)C[C@@H](Sc3nc4c(cc3C#N)CCCCCC4)C2=O)cc1. The van der Waals surface area contributed by atoms with E-state index in [0.717, 1.165) is 36.9 Å². The molecule has 0 radical (unpaired) electrons. The minimum absolute atomic E-state index is 0.0976. The van der Waals surface area contributed by atoms with Crippen molar-refractivity contribution in [1.29, 1.82) is 5.26 Å². The summed E-state index contributed by atoms with van der Waals surface area (Å²) in [4.78, 5) is 31.7. The molecule has 6 nitrogen and oxygen atoms in total. The van der Waals surface area contributed by atoms with Gasteiger partial charge in [0.2, 0.25) is 11.8 Å². The molecule has 0 spiro atoms. The number of imide groups is 1. The van der Waals surface area contributed by atoms with E-state index in [1.807, 2.05) is 13.0 Å². The first-order valence-electron chi connectivity index (χ1n) is 10.8. The van der Waals surface area contributed by atoms with Crippen molar-refractivity contribution in [3.8, 4) is 11.8 Å². The van der Waals surface area contributed by atoms with E-state index in [1.54, 1.807) is 24.3 Å². The second kappa shape index (κ2) is 9.52. The Labute approximate surface area is 186 Å². The van der Waals surface area contributed by atoms with Gasteiger partial charge in [0.15, 0.2) is 0 Å². The molecule has 4 rings (SSSR count). The maximum absolute atomic E-state index is 13.1. The van der Waals surface area contributed by atoms with Crippen LogP contribution >= 0.6 is 11.8 Å². The number of pyridine rings is 1. The fraction of sp³-hybridized carbons (Fsp3) is 0.417. The smallest absolute Gasteiger partial charge is 0.247 e. The number of amides is 2. The third kappa shape index (κ3) is 4.59. The van der Waals surface area contributed by atoms with E-state index in [1.165, 1.54) is 29.5 Å². The highest BCUT2D eigenvalue weighted by Gasteiger charge is 2.40. The number of carbonyl (C=O) groups is 2. The van der Waals surface area contributed by atoms with Gasteiger partial charge in [0, 0.05) is 12.1 Å². The number of nitriles is 1. The maximum atomic E-state index is 13.1. The van der Waals surface area contributed by atoms with Crippen LogP contribution in [0.15, 0.2) is 35.4 Å². The number of hydrogen-bond acceptors (Lipinski definition) is 6. The van der Waals surface area contributed by atoms with Gasteiger partial charge in [-0.3, -0.25) is 9.59 Å². The molecule has 0 saturated carbocycles. The van der Waals surface area contributed by atoms with Crippen LogP contribution in [-0.4, -0.2) is 28.7 Å². The summed E-state index contributed by atoms with van der Waals surface area (Å²) in [5, 5.41) is 9.64. The second-order valence-electron chi connectivity index (χ2n) is 7.78. The van der Waals surface area contributed by atoms with Crippen LogP contribution in [0.1, 0.15) is 55.8 Å². The minimum atomic E-state index is -0.578. The highest BCUT2D eigenvalue weighted by molar-refractivity contribution is 8.00. The lowest BCUT2D eigenvalue weighted by molar-refractivity contribution is -0.121. The molecular weight excluding hydrogens is 410 g/mol. The summed E-state index contributed by atoms with van der Waals surface area (Å²) in [5.74, 6) is 0.188. The topological polar surface area (TPSA) is 83.3 Å². The summed E-state index contributed by atoms with van der Waals surface area (Å²) in [6, 6.07) is 11.1. The van der Waals surface area contributed by atoms with E-state index >= 15 is 0 Å². The predicted octanol–water partition coefficient (Wildman–Crippen LogP) is 4.44. The average Bonchev–Trinajstić information content (AvgIpc) is 3.03. The van der Waals surface area contributed by atoms with Gasteiger partial charge in [-0.15, -0.1) is 0 Å². The van der Waals surface area contributed by atoms with Crippen molar-refractivity contribution in [2.75, 3.05) is 11.5 Å². The van der Waals surface area contributed by atoms with E-state index < -0.39 is 5.25 Å². The van der Waals surface area contributed by atoms with E-state index in [4.69, 9.17) is 9.72 Å². The lowest BCUT2D eigenvalue weighted by Crippen LogP contribution is -2.31. The van der Waals surface area contributed by atoms with Gasteiger partial charge in [-0.25, -0.2) is 9.88 Å². The predicted molar refractivity (Wildman–Crippen MR) is 119 cm³/mol. The zero-order valence-electron chi connectivity index (χ0n) is 17.6. The number of thioether (sulfide) groups is 1. The first-order valence-corrected chi connectivity index (χ1v) is 11.7. The van der Waals surface area contributed by atoms with Crippen molar-refractivity contribution >= 4 is 29.3 Å². The Morgan fingerprint density at radius 1 is 1.16 bits per heavy atom. The Balaban J connectivity index is 1.56. The van der Waals surface area contributed by atoms with E-state index in [9.17, 15) is 14.9 Å². The molecule has 1 aliphatic heterocycles. The van der Waals surface area contributed by atoms with Gasteiger partial charge >= 0.3 is 0 Å². The number of rotatable bonds is 5. The Kier molecular flexibility index (Phi) is 6.57. The Bertz CT molecular complexity index is 1030. The van der Waals surface area contributed by atoms with Crippen LogP contribution in [-0.2, 0) is 22.4 Å². The van der Waals surface area contributed by atoms with Crippen molar-refractivity contribution in [3.63, 3.8) is 0 Å². The molecule has 160 valence electrons. The highest BCUT2D eigenvalue weighted by Crippen LogP contribution is 2.36. The highest BCUT2D eigenvalue weighted by atomic mass is 32.2. The molecule has 0 bridgehead atoms. The third-order valence-corrected chi connectivity index (χ3v) is 6.84. The number of ether oxygens (including phenoxy) is 1. The Morgan fingerprint density at radius 3 is 2.61 bits per heavy atom. The number of benzene rings is 1. The molecule has 0 unspecified atom stereocenters. The van der Waals surface area contributed by atoms with Crippen molar-refractivity contribution in [1.82, 2.24) is 4.98 Å². The summed E-state index contributed by atoms with van der Waals surface area (Å²) in [7, 11) is 0. The van der Waals surface area contributed by atoms with Gasteiger partial charge in [-0.1, -0.05) is 24.6 Å². The minimum Gasteiger partial charge on any atom is -0.494 e. The van der Waals surface area contributed by atoms with Gasteiger partial charge in [0.25, 0.3) is 0 Å². The van der Waals surface area contributed by atoms with E-state index in [0.29, 0.717) is 28.6 Å². The molecule has 1 aliphatic carbocycles. The Hall–Kier alpha value is -2.85. The van der Waals surface area contributed by atoms with Gasteiger partial charge in [-0.2, -0.15) is 5.26 Å². The number of fused-ring (bicyclic) bond motifs is 1. The van der Waals surface area contributed by atoms with Crippen molar-refractivity contribution < 1.29 is 14.3 Å². The molecule has 2 heterocycles. The van der Waals surface area contributed by atoms with Crippen LogP contribution in [0.3, 0.4) is 0 Å². The zero-order chi connectivity index (χ0) is 21.8. The molecule has 1 fully saturated rings. The number of nitrogens with zero attached hydrogens (tertiary/aromatic N) is 3. The first kappa shape index (κ1) is 21.4. The number of aromatic nitrogens is 1.